The molecule has 26 heavy (non-hydrogen) atoms. The fraction of sp³-hybridized carbons (Fsp3) is 0.0476. The summed E-state index contributed by atoms with van der Waals surface area (Å²) in [5, 5.41) is 8.40. The van der Waals surface area contributed by atoms with Gasteiger partial charge in [-0.05, 0) is 42.8 Å². The normalized spacial score (nSPS) is 10.8. The Morgan fingerprint density at radius 1 is 1.04 bits per heavy atom. The van der Waals surface area contributed by atoms with Gasteiger partial charge in [0.25, 0.3) is 5.91 Å². The van der Waals surface area contributed by atoms with E-state index in [1.54, 1.807) is 24.3 Å². The van der Waals surface area contributed by atoms with Crippen molar-refractivity contribution in [2.45, 2.75) is 6.92 Å². The van der Waals surface area contributed by atoms with Crippen LogP contribution in [0.3, 0.4) is 0 Å². The minimum atomic E-state index is -0.211. The Hall–Kier alpha value is -3.11. The minimum absolute atomic E-state index is 0.211. The molecule has 5 heteroatoms. The van der Waals surface area contributed by atoms with Crippen molar-refractivity contribution in [3.05, 3.63) is 82.9 Å². The van der Waals surface area contributed by atoms with E-state index in [0.29, 0.717) is 27.6 Å². The molecule has 0 saturated heterocycles. The number of amides is 1. The fourth-order valence-corrected chi connectivity index (χ4v) is 2.99. The lowest BCUT2D eigenvalue weighted by atomic mass is 10.1. The lowest BCUT2D eigenvalue weighted by molar-refractivity contribution is 0.102. The molecule has 0 atom stereocenters. The van der Waals surface area contributed by atoms with Crippen LogP contribution in [0.5, 0.6) is 0 Å². The summed E-state index contributed by atoms with van der Waals surface area (Å²) in [5.41, 5.74) is 3.67. The number of halogens is 1. The van der Waals surface area contributed by atoms with Crippen molar-refractivity contribution in [3.8, 4) is 11.3 Å². The Morgan fingerprint density at radius 3 is 2.65 bits per heavy atom. The molecule has 0 radical (unpaired) electrons. The average molecular weight is 363 g/mol. The summed E-state index contributed by atoms with van der Waals surface area (Å²) in [6, 6.07) is 20.4. The number of nitrogens with zero attached hydrogens (tertiary/aromatic N) is 1. The quantitative estimate of drug-likeness (QED) is 0.508. The first-order valence-electron chi connectivity index (χ1n) is 8.15. The first kappa shape index (κ1) is 16.4. The first-order chi connectivity index (χ1) is 12.6. The molecule has 0 spiro atoms. The highest BCUT2D eigenvalue weighted by Crippen LogP contribution is 2.30. The average Bonchev–Trinajstić information content (AvgIpc) is 3.09. The van der Waals surface area contributed by atoms with Crippen molar-refractivity contribution >= 4 is 34.1 Å². The number of anilines is 1. The number of carbonyl (C=O) groups excluding carboxylic acids is 1. The predicted octanol–water partition coefficient (Wildman–Crippen LogP) is 5.71. The summed E-state index contributed by atoms with van der Waals surface area (Å²) in [7, 11) is 0. The number of hydrogen-bond acceptors (Lipinski definition) is 3. The molecule has 1 aromatic heterocycles. The van der Waals surface area contributed by atoms with Crippen molar-refractivity contribution in [2.24, 2.45) is 0 Å². The second-order valence-electron chi connectivity index (χ2n) is 5.98. The lowest BCUT2D eigenvalue weighted by Gasteiger charge is -2.09. The van der Waals surface area contributed by atoms with Crippen LogP contribution in [-0.2, 0) is 0 Å². The van der Waals surface area contributed by atoms with Crippen molar-refractivity contribution in [2.75, 3.05) is 5.32 Å². The van der Waals surface area contributed by atoms with E-state index in [1.807, 2.05) is 49.4 Å². The highest BCUT2D eigenvalue weighted by atomic mass is 35.5. The van der Waals surface area contributed by atoms with Gasteiger partial charge in [-0.25, -0.2) is 0 Å². The van der Waals surface area contributed by atoms with Gasteiger partial charge in [0.2, 0.25) is 0 Å². The molecule has 4 nitrogen and oxygen atoms in total. The topological polar surface area (TPSA) is 55.1 Å². The largest absolute Gasteiger partial charge is 0.355 e. The van der Waals surface area contributed by atoms with Crippen LogP contribution >= 0.6 is 11.6 Å². The van der Waals surface area contributed by atoms with Crippen LogP contribution in [0.15, 0.2) is 71.3 Å². The predicted molar refractivity (Wildman–Crippen MR) is 104 cm³/mol. The molecule has 1 N–H and O–H groups in total. The molecule has 0 aliphatic heterocycles. The van der Waals surface area contributed by atoms with Crippen molar-refractivity contribution < 1.29 is 9.32 Å². The smallest absolute Gasteiger partial charge is 0.255 e. The molecule has 0 bridgehead atoms. The number of carbonyl (C=O) groups is 1. The molecular formula is C21H15ClN2O2. The maximum absolute atomic E-state index is 12.7. The zero-order valence-electron chi connectivity index (χ0n) is 14.0. The molecule has 0 fully saturated rings. The van der Waals surface area contributed by atoms with E-state index in [4.69, 9.17) is 16.1 Å². The number of hydrogen-bond donors (Lipinski definition) is 1. The molecule has 0 aliphatic carbocycles. The van der Waals surface area contributed by atoms with E-state index in [0.717, 1.165) is 16.5 Å². The third kappa shape index (κ3) is 2.95. The molecule has 1 heterocycles. The van der Waals surface area contributed by atoms with Gasteiger partial charge in [-0.1, -0.05) is 53.2 Å². The summed E-state index contributed by atoms with van der Waals surface area (Å²) in [6.45, 7) is 1.87. The molecule has 3 aromatic carbocycles. The van der Waals surface area contributed by atoms with Crippen LogP contribution < -0.4 is 5.32 Å². The minimum Gasteiger partial charge on any atom is -0.355 e. The van der Waals surface area contributed by atoms with Crippen molar-refractivity contribution in [1.82, 2.24) is 5.16 Å². The van der Waals surface area contributed by atoms with Gasteiger partial charge in [0, 0.05) is 21.8 Å². The molecule has 128 valence electrons. The third-order valence-corrected chi connectivity index (χ3v) is 4.70. The highest BCUT2D eigenvalue weighted by Gasteiger charge is 2.15. The van der Waals surface area contributed by atoms with E-state index >= 15 is 0 Å². The van der Waals surface area contributed by atoms with E-state index in [2.05, 4.69) is 10.5 Å². The van der Waals surface area contributed by atoms with Gasteiger partial charge >= 0.3 is 0 Å². The van der Waals surface area contributed by atoms with Gasteiger partial charge < -0.3 is 9.84 Å². The molecule has 4 aromatic rings. The molecular weight excluding hydrogens is 348 g/mol. The van der Waals surface area contributed by atoms with Gasteiger partial charge in [-0.3, -0.25) is 4.79 Å². The van der Waals surface area contributed by atoms with Crippen LogP contribution in [0, 0.1) is 6.92 Å². The van der Waals surface area contributed by atoms with Crippen molar-refractivity contribution in [3.63, 3.8) is 0 Å². The number of nitrogens with one attached hydrogen (secondary N) is 1. The van der Waals surface area contributed by atoms with Gasteiger partial charge in [0.05, 0.1) is 5.39 Å². The summed E-state index contributed by atoms with van der Waals surface area (Å²) >= 11 is 6.12. The Kier molecular flexibility index (Phi) is 4.19. The van der Waals surface area contributed by atoms with Crippen LogP contribution in [0.1, 0.15) is 15.9 Å². The maximum Gasteiger partial charge on any atom is 0.255 e. The van der Waals surface area contributed by atoms with Gasteiger partial charge in [-0.15, -0.1) is 0 Å². The van der Waals surface area contributed by atoms with E-state index in [-0.39, 0.29) is 5.91 Å². The SMILES string of the molecule is Cc1c(Cl)cccc1NC(=O)c1ccc2noc(-c3ccccc3)c2c1. The summed E-state index contributed by atoms with van der Waals surface area (Å²) in [6.07, 6.45) is 0. The number of fused-ring (bicyclic) bond motifs is 1. The fourth-order valence-electron chi connectivity index (χ4n) is 2.82. The lowest BCUT2D eigenvalue weighted by Crippen LogP contribution is -2.12. The Balaban J connectivity index is 1.71. The molecule has 0 unspecified atom stereocenters. The first-order valence-corrected chi connectivity index (χ1v) is 8.52. The number of rotatable bonds is 3. The Morgan fingerprint density at radius 2 is 1.85 bits per heavy atom. The zero-order chi connectivity index (χ0) is 18.1. The van der Waals surface area contributed by atoms with E-state index in [9.17, 15) is 4.79 Å². The van der Waals surface area contributed by atoms with E-state index in [1.165, 1.54) is 0 Å². The van der Waals surface area contributed by atoms with Gasteiger partial charge in [0.15, 0.2) is 5.76 Å². The molecule has 0 saturated carbocycles. The Labute approximate surface area is 155 Å². The molecule has 1 amide bonds. The monoisotopic (exact) mass is 362 g/mol. The van der Waals surface area contributed by atoms with Crippen LogP contribution in [0.4, 0.5) is 5.69 Å². The summed E-state index contributed by atoms with van der Waals surface area (Å²) in [4.78, 5) is 12.7. The van der Waals surface area contributed by atoms with Crippen molar-refractivity contribution in [1.29, 1.82) is 0 Å². The molecule has 0 aliphatic rings. The zero-order valence-corrected chi connectivity index (χ0v) is 14.7. The second kappa shape index (κ2) is 6.65. The second-order valence-corrected chi connectivity index (χ2v) is 6.38. The van der Waals surface area contributed by atoms with Crippen LogP contribution in [0.2, 0.25) is 5.02 Å². The molecule has 4 rings (SSSR count). The number of aromatic nitrogens is 1. The van der Waals surface area contributed by atoms with E-state index < -0.39 is 0 Å². The standard InChI is InChI=1S/C21H15ClN2O2/c1-13-17(22)8-5-9-18(13)23-21(25)15-10-11-19-16(12-15)20(26-24-19)14-6-3-2-4-7-14/h2-12H,1H3,(H,23,25). The van der Waals surface area contributed by atoms with Crippen LogP contribution in [-0.4, -0.2) is 11.1 Å². The van der Waals surface area contributed by atoms with Gasteiger partial charge in [-0.2, -0.15) is 0 Å². The summed E-state index contributed by atoms with van der Waals surface area (Å²) in [5.74, 6) is 0.437. The van der Waals surface area contributed by atoms with Gasteiger partial charge in [0.1, 0.15) is 5.52 Å². The van der Waals surface area contributed by atoms with Crippen LogP contribution in [0.25, 0.3) is 22.2 Å². The highest BCUT2D eigenvalue weighted by molar-refractivity contribution is 6.31. The third-order valence-electron chi connectivity index (χ3n) is 4.29. The Bertz CT molecular complexity index is 1100. The number of benzene rings is 3. The maximum atomic E-state index is 12.7. The summed E-state index contributed by atoms with van der Waals surface area (Å²) < 4.78 is 5.49.